The number of nitrogens with zero attached hydrogens (tertiary/aromatic N) is 4. The Morgan fingerprint density at radius 1 is 1.33 bits per heavy atom. The summed E-state index contributed by atoms with van der Waals surface area (Å²) in [6.45, 7) is 8.76. The average Bonchev–Trinajstić information content (AvgIpc) is 2.37. The lowest BCUT2D eigenvalue weighted by atomic mass is 10.3. The number of anilines is 1. The molecule has 1 aliphatic rings. The number of carboxylic acid groups (broad SMARTS) is 1. The molecule has 116 valence electrons. The third kappa shape index (κ3) is 4.56. The lowest BCUT2D eigenvalue weighted by Gasteiger charge is -2.33. The molecule has 7 nitrogen and oxygen atoms in total. The van der Waals surface area contributed by atoms with Crippen LogP contribution in [-0.2, 0) is 4.79 Å². The second kappa shape index (κ2) is 6.71. The highest BCUT2D eigenvalue weighted by Gasteiger charge is 2.21. The molecule has 1 aromatic rings. The van der Waals surface area contributed by atoms with Crippen molar-refractivity contribution in [1.29, 1.82) is 0 Å². The van der Waals surface area contributed by atoms with Crippen LogP contribution in [0.5, 0.6) is 5.88 Å². The molecule has 0 amide bonds. The number of aliphatic carboxylic acids is 1. The van der Waals surface area contributed by atoms with Gasteiger partial charge in [-0.05, 0) is 20.8 Å². The van der Waals surface area contributed by atoms with Gasteiger partial charge in [0.05, 0.1) is 12.6 Å². The fourth-order valence-electron chi connectivity index (χ4n) is 2.27. The molecule has 1 aliphatic heterocycles. The molecule has 0 atom stereocenters. The molecule has 21 heavy (non-hydrogen) atoms. The summed E-state index contributed by atoms with van der Waals surface area (Å²) in [5.74, 6) is 0.448. The van der Waals surface area contributed by atoms with Crippen molar-refractivity contribution in [3.8, 4) is 5.88 Å². The maximum atomic E-state index is 10.7. The number of aromatic nitrogens is 2. The smallest absolute Gasteiger partial charge is 0.317 e. The van der Waals surface area contributed by atoms with E-state index < -0.39 is 5.97 Å². The summed E-state index contributed by atoms with van der Waals surface area (Å²) in [5.41, 5.74) is 0.864. The molecule has 0 aliphatic carbocycles. The molecule has 0 radical (unpaired) electrons. The average molecular weight is 294 g/mol. The predicted octanol–water partition coefficient (Wildman–Crippen LogP) is 0.779. The third-order valence-corrected chi connectivity index (χ3v) is 3.19. The van der Waals surface area contributed by atoms with E-state index in [-0.39, 0.29) is 12.6 Å². The molecule has 2 rings (SSSR count). The monoisotopic (exact) mass is 294 g/mol. The van der Waals surface area contributed by atoms with Crippen LogP contribution in [-0.4, -0.2) is 64.8 Å². The van der Waals surface area contributed by atoms with E-state index in [0.29, 0.717) is 24.9 Å². The fourth-order valence-corrected chi connectivity index (χ4v) is 2.27. The summed E-state index contributed by atoms with van der Waals surface area (Å²) < 4.78 is 5.63. The van der Waals surface area contributed by atoms with Gasteiger partial charge in [-0.3, -0.25) is 9.69 Å². The normalized spacial score (nSPS) is 16.3. The number of hydrogen-bond acceptors (Lipinski definition) is 6. The number of aryl methyl sites for hydroxylation is 1. The van der Waals surface area contributed by atoms with Crippen molar-refractivity contribution in [2.75, 3.05) is 37.6 Å². The van der Waals surface area contributed by atoms with Gasteiger partial charge in [0.1, 0.15) is 0 Å². The maximum absolute atomic E-state index is 10.7. The Morgan fingerprint density at radius 2 is 2.00 bits per heavy atom. The van der Waals surface area contributed by atoms with Crippen molar-refractivity contribution in [1.82, 2.24) is 14.9 Å². The summed E-state index contributed by atoms with van der Waals surface area (Å²) in [6.07, 6.45) is 0.0690. The van der Waals surface area contributed by atoms with Crippen LogP contribution in [0.3, 0.4) is 0 Å². The van der Waals surface area contributed by atoms with Crippen molar-refractivity contribution >= 4 is 11.9 Å². The predicted molar refractivity (Wildman–Crippen MR) is 78.8 cm³/mol. The standard InChI is InChI=1S/C14H22N4O3/c1-10(2)21-12-8-11(3)15-14(16-12)18-6-4-17(5-7-18)9-13(19)20/h8,10H,4-7,9H2,1-3H3,(H,19,20). The first-order valence-electron chi connectivity index (χ1n) is 7.15. The topological polar surface area (TPSA) is 78.8 Å². The first kappa shape index (κ1) is 15.5. The first-order valence-corrected chi connectivity index (χ1v) is 7.15. The van der Waals surface area contributed by atoms with E-state index in [1.54, 1.807) is 0 Å². The summed E-state index contributed by atoms with van der Waals surface area (Å²) in [4.78, 5) is 23.6. The Morgan fingerprint density at radius 3 is 2.57 bits per heavy atom. The molecule has 1 fully saturated rings. The van der Waals surface area contributed by atoms with Gasteiger partial charge in [-0.25, -0.2) is 4.98 Å². The zero-order valence-corrected chi connectivity index (χ0v) is 12.7. The molecule has 1 aromatic heterocycles. The summed E-state index contributed by atoms with van der Waals surface area (Å²) in [5, 5.41) is 8.81. The molecule has 0 spiro atoms. The molecule has 1 saturated heterocycles. The van der Waals surface area contributed by atoms with Crippen molar-refractivity contribution in [3.05, 3.63) is 11.8 Å². The van der Waals surface area contributed by atoms with E-state index in [1.165, 1.54) is 0 Å². The van der Waals surface area contributed by atoms with Crippen LogP contribution in [0.2, 0.25) is 0 Å². The quantitative estimate of drug-likeness (QED) is 0.859. The number of carbonyl (C=O) groups is 1. The molecular formula is C14H22N4O3. The van der Waals surface area contributed by atoms with Gasteiger partial charge in [0.25, 0.3) is 0 Å². The summed E-state index contributed by atoms with van der Waals surface area (Å²) in [6, 6.07) is 1.82. The largest absolute Gasteiger partial charge is 0.480 e. The summed E-state index contributed by atoms with van der Waals surface area (Å²) >= 11 is 0. The highest BCUT2D eigenvalue weighted by molar-refractivity contribution is 5.69. The molecule has 0 aromatic carbocycles. The van der Waals surface area contributed by atoms with E-state index in [4.69, 9.17) is 9.84 Å². The van der Waals surface area contributed by atoms with Crippen molar-refractivity contribution in [2.45, 2.75) is 26.9 Å². The number of ether oxygens (including phenoxy) is 1. The number of hydrogen-bond donors (Lipinski definition) is 1. The van der Waals surface area contributed by atoms with Gasteiger partial charge in [0.15, 0.2) is 0 Å². The Labute approximate surface area is 124 Å². The minimum Gasteiger partial charge on any atom is -0.480 e. The highest BCUT2D eigenvalue weighted by Crippen LogP contribution is 2.18. The second-order valence-electron chi connectivity index (χ2n) is 5.47. The van der Waals surface area contributed by atoms with Gasteiger partial charge in [-0.15, -0.1) is 0 Å². The van der Waals surface area contributed by atoms with Crippen LogP contribution in [0, 0.1) is 6.92 Å². The van der Waals surface area contributed by atoms with Gasteiger partial charge in [-0.2, -0.15) is 4.98 Å². The molecule has 0 unspecified atom stereocenters. The molecular weight excluding hydrogens is 272 g/mol. The van der Waals surface area contributed by atoms with E-state index in [2.05, 4.69) is 14.9 Å². The molecule has 7 heteroatoms. The Bertz CT molecular complexity index is 499. The van der Waals surface area contributed by atoms with Gasteiger partial charge in [0.2, 0.25) is 11.8 Å². The molecule has 2 heterocycles. The van der Waals surface area contributed by atoms with Crippen LogP contribution in [0.25, 0.3) is 0 Å². The Hall–Kier alpha value is -1.89. The van der Waals surface area contributed by atoms with Crippen LogP contribution in [0.4, 0.5) is 5.95 Å². The van der Waals surface area contributed by atoms with Crippen molar-refractivity contribution < 1.29 is 14.6 Å². The summed E-state index contributed by atoms with van der Waals surface area (Å²) in [7, 11) is 0. The van der Waals surface area contributed by atoms with Crippen molar-refractivity contribution in [2.24, 2.45) is 0 Å². The minimum atomic E-state index is -0.789. The first-order chi connectivity index (χ1) is 9.94. The van der Waals surface area contributed by atoms with Crippen LogP contribution in [0.15, 0.2) is 6.07 Å². The zero-order valence-electron chi connectivity index (χ0n) is 12.7. The number of carboxylic acids is 1. The number of piperazine rings is 1. The lowest BCUT2D eigenvalue weighted by Crippen LogP contribution is -2.48. The van der Waals surface area contributed by atoms with Crippen LogP contribution in [0.1, 0.15) is 19.5 Å². The van der Waals surface area contributed by atoms with Crippen molar-refractivity contribution in [3.63, 3.8) is 0 Å². The van der Waals surface area contributed by atoms with Gasteiger partial charge < -0.3 is 14.7 Å². The van der Waals surface area contributed by atoms with E-state index >= 15 is 0 Å². The van der Waals surface area contributed by atoms with Gasteiger partial charge in [0, 0.05) is 37.9 Å². The van der Waals surface area contributed by atoms with Crippen LogP contribution < -0.4 is 9.64 Å². The molecule has 0 bridgehead atoms. The fraction of sp³-hybridized carbons (Fsp3) is 0.643. The van der Waals surface area contributed by atoms with Crippen LogP contribution >= 0.6 is 0 Å². The zero-order chi connectivity index (χ0) is 15.4. The Balaban J connectivity index is 2.02. The second-order valence-corrected chi connectivity index (χ2v) is 5.47. The molecule has 0 saturated carbocycles. The van der Waals surface area contributed by atoms with E-state index in [0.717, 1.165) is 18.8 Å². The lowest BCUT2D eigenvalue weighted by molar-refractivity contribution is -0.138. The van der Waals surface area contributed by atoms with Gasteiger partial charge >= 0.3 is 5.97 Å². The van der Waals surface area contributed by atoms with E-state index in [9.17, 15) is 4.79 Å². The SMILES string of the molecule is Cc1cc(OC(C)C)nc(N2CCN(CC(=O)O)CC2)n1. The number of rotatable bonds is 5. The Kier molecular flexibility index (Phi) is 4.95. The maximum Gasteiger partial charge on any atom is 0.317 e. The third-order valence-electron chi connectivity index (χ3n) is 3.19. The van der Waals surface area contributed by atoms with Gasteiger partial charge in [-0.1, -0.05) is 0 Å². The molecule has 1 N–H and O–H groups in total. The highest BCUT2D eigenvalue weighted by atomic mass is 16.5. The van der Waals surface area contributed by atoms with E-state index in [1.807, 2.05) is 31.7 Å². The minimum absolute atomic E-state index is 0.0690.